The Hall–Kier alpha value is -1.16. The lowest BCUT2D eigenvalue weighted by Gasteiger charge is -1.93. The van der Waals surface area contributed by atoms with Gasteiger partial charge in [-0.3, -0.25) is 5.10 Å². The number of rotatable bonds is 3. The van der Waals surface area contributed by atoms with Crippen molar-refractivity contribution >= 4 is 11.3 Å². The maximum Gasteiger partial charge on any atom is 0.191 e. The average Bonchev–Trinajstić information content (AvgIpc) is 2.83. The van der Waals surface area contributed by atoms with Crippen molar-refractivity contribution in [1.82, 2.24) is 15.2 Å². The third-order valence-electron chi connectivity index (χ3n) is 2.80. The summed E-state index contributed by atoms with van der Waals surface area (Å²) < 4.78 is 0. The number of H-pyrrole nitrogens is 1. The molecule has 1 fully saturated rings. The van der Waals surface area contributed by atoms with Crippen LogP contribution in [0.2, 0.25) is 0 Å². The minimum Gasteiger partial charge on any atom is -0.262 e. The molecule has 0 unspecified atom stereocenters. The molecule has 4 heteroatoms. The van der Waals surface area contributed by atoms with Gasteiger partial charge in [-0.15, -0.1) is 11.3 Å². The standard InChI is InChI=1S/C11H13N3S/c1-2-7-5-6-15-9(7)11-12-10(13-14-11)8-3-4-8/h5-6,8H,2-4H2,1H3,(H,12,13,14). The number of nitrogens with one attached hydrogen (secondary N) is 1. The first kappa shape index (κ1) is 9.09. The van der Waals surface area contributed by atoms with Crippen LogP contribution >= 0.6 is 11.3 Å². The summed E-state index contributed by atoms with van der Waals surface area (Å²) >= 11 is 1.73. The number of aromatic nitrogens is 3. The molecule has 2 aromatic rings. The van der Waals surface area contributed by atoms with Gasteiger partial charge < -0.3 is 0 Å². The zero-order chi connectivity index (χ0) is 10.3. The Labute approximate surface area is 92.6 Å². The molecule has 0 atom stereocenters. The minimum atomic E-state index is 0.649. The van der Waals surface area contributed by atoms with Crippen LogP contribution in [0.5, 0.6) is 0 Å². The van der Waals surface area contributed by atoms with Gasteiger partial charge in [0.2, 0.25) is 0 Å². The van der Waals surface area contributed by atoms with E-state index in [0.29, 0.717) is 5.92 Å². The summed E-state index contributed by atoms with van der Waals surface area (Å²) in [5.41, 5.74) is 1.35. The van der Waals surface area contributed by atoms with Gasteiger partial charge >= 0.3 is 0 Å². The number of aryl methyl sites for hydroxylation is 1. The van der Waals surface area contributed by atoms with Crippen molar-refractivity contribution in [2.24, 2.45) is 0 Å². The summed E-state index contributed by atoms with van der Waals surface area (Å²) in [5, 5.41) is 9.47. The van der Waals surface area contributed by atoms with Gasteiger partial charge in [-0.2, -0.15) is 5.10 Å². The topological polar surface area (TPSA) is 41.6 Å². The molecule has 3 rings (SSSR count). The van der Waals surface area contributed by atoms with Gasteiger partial charge in [-0.1, -0.05) is 6.92 Å². The number of thiophene rings is 1. The van der Waals surface area contributed by atoms with Crippen molar-refractivity contribution in [2.75, 3.05) is 0 Å². The molecule has 1 N–H and O–H groups in total. The Morgan fingerprint density at radius 2 is 2.40 bits per heavy atom. The van der Waals surface area contributed by atoms with Crippen LogP contribution in [-0.2, 0) is 6.42 Å². The molecule has 0 amide bonds. The molecular formula is C11H13N3S. The summed E-state index contributed by atoms with van der Waals surface area (Å²) in [5.74, 6) is 2.60. The second-order valence-electron chi connectivity index (χ2n) is 3.95. The summed E-state index contributed by atoms with van der Waals surface area (Å²) in [6, 6.07) is 2.16. The molecular weight excluding hydrogens is 206 g/mol. The first-order valence-electron chi connectivity index (χ1n) is 5.37. The average molecular weight is 219 g/mol. The second-order valence-corrected chi connectivity index (χ2v) is 4.86. The predicted octanol–water partition coefficient (Wildman–Crippen LogP) is 2.97. The van der Waals surface area contributed by atoms with Crippen molar-refractivity contribution in [3.8, 4) is 10.7 Å². The molecule has 0 spiro atoms. The molecule has 0 aromatic carbocycles. The number of hydrogen-bond donors (Lipinski definition) is 1. The highest BCUT2D eigenvalue weighted by atomic mass is 32.1. The molecule has 78 valence electrons. The summed E-state index contributed by atoms with van der Waals surface area (Å²) in [4.78, 5) is 5.79. The third kappa shape index (κ3) is 1.59. The lowest BCUT2D eigenvalue weighted by Crippen LogP contribution is -1.83. The maximum absolute atomic E-state index is 4.57. The highest BCUT2D eigenvalue weighted by Crippen LogP contribution is 2.39. The lowest BCUT2D eigenvalue weighted by atomic mass is 10.2. The van der Waals surface area contributed by atoms with Crippen LogP contribution in [0.25, 0.3) is 10.7 Å². The van der Waals surface area contributed by atoms with Crippen molar-refractivity contribution in [3.05, 3.63) is 22.8 Å². The zero-order valence-corrected chi connectivity index (χ0v) is 9.47. The molecule has 0 aliphatic heterocycles. The van der Waals surface area contributed by atoms with Crippen molar-refractivity contribution in [1.29, 1.82) is 0 Å². The maximum atomic E-state index is 4.57. The van der Waals surface area contributed by atoms with E-state index in [0.717, 1.165) is 18.1 Å². The van der Waals surface area contributed by atoms with E-state index in [1.54, 1.807) is 11.3 Å². The van der Waals surface area contributed by atoms with Gasteiger partial charge in [0, 0.05) is 5.92 Å². The molecule has 2 heterocycles. The van der Waals surface area contributed by atoms with Crippen LogP contribution in [0, 0.1) is 0 Å². The van der Waals surface area contributed by atoms with E-state index in [-0.39, 0.29) is 0 Å². The summed E-state index contributed by atoms with van der Waals surface area (Å²) in [6.07, 6.45) is 3.57. The molecule has 0 bridgehead atoms. The van der Waals surface area contributed by atoms with Crippen LogP contribution < -0.4 is 0 Å². The van der Waals surface area contributed by atoms with Gasteiger partial charge in [0.25, 0.3) is 0 Å². The monoisotopic (exact) mass is 219 g/mol. The van der Waals surface area contributed by atoms with E-state index < -0.39 is 0 Å². The second kappa shape index (κ2) is 3.45. The van der Waals surface area contributed by atoms with E-state index in [1.165, 1.54) is 23.3 Å². The number of aromatic amines is 1. The Kier molecular flexibility index (Phi) is 2.09. The highest BCUT2D eigenvalue weighted by molar-refractivity contribution is 7.13. The van der Waals surface area contributed by atoms with Crippen LogP contribution in [0.15, 0.2) is 11.4 Å². The molecule has 0 saturated heterocycles. The molecule has 1 aliphatic carbocycles. The smallest absolute Gasteiger partial charge is 0.191 e. The van der Waals surface area contributed by atoms with Crippen LogP contribution in [0.3, 0.4) is 0 Å². The molecule has 3 nitrogen and oxygen atoms in total. The van der Waals surface area contributed by atoms with E-state index in [4.69, 9.17) is 0 Å². The quantitative estimate of drug-likeness (QED) is 0.862. The SMILES string of the molecule is CCc1ccsc1-c1n[nH]c(C2CC2)n1. The highest BCUT2D eigenvalue weighted by Gasteiger charge is 2.27. The lowest BCUT2D eigenvalue weighted by molar-refractivity contribution is 0.935. The van der Waals surface area contributed by atoms with Gasteiger partial charge in [-0.05, 0) is 36.3 Å². The molecule has 0 radical (unpaired) electrons. The van der Waals surface area contributed by atoms with E-state index in [2.05, 4.69) is 33.6 Å². The normalized spacial score (nSPS) is 15.8. The fourth-order valence-electron chi connectivity index (χ4n) is 1.73. The van der Waals surface area contributed by atoms with E-state index in [9.17, 15) is 0 Å². The Morgan fingerprint density at radius 1 is 1.53 bits per heavy atom. The predicted molar refractivity (Wildman–Crippen MR) is 61.0 cm³/mol. The molecule has 1 aliphatic rings. The molecule has 15 heavy (non-hydrogen) atoms. The van der Waals surface area contributed by atoms with Gasteiger partial charge in [0.05, 0.1) is 4.88 Å². The minimum absolute atomic E-state index is 0.649. The van der Waals surface area contributed by atoms with Crippen molar-refractivity contribution in [3.63, 3.8) is 0 Å². The first-order chi connectivity index (χ1) is 7.38. The van der Waals surface area contributed by atoms with Crippen LogP contribution in [-0.4, -0.2) is 15.2 Å². The molecule has 1 saturated carbocycles. The largest absolute Gasteiger partial charge is 0.262 e. The first-order valence-corrected chi connectivity index (χ1v) is 6.25. The fourth-order valence-corrected chi connectivity index (χ4v) is 2.65. The Bertz CT molecular complexity index is 468. The van der Waals surface area contributed by atoms with Gasteiger partial charge in [0.15, 0.2) is 5.82 Å². The zero-order valence-electron chi connectivity index (χ0n) is 8.66. The summed E-state index contributed by atoms with van der Waals surface area (Å²) in [7, 11) is 0. The van der Waals surface area contributed by atoms with E-state index in [1.807, 2.05) is 0 Å². The Morgan fingerprint density at radius 3 is 3.13 bits per heavy atom. The number of hydrogen-bond acceptors (Lipinski definition) is 3. The van der Waals surface area contributed by atoms with Crippen LogP contribution in [0.1, 0.15) is 37.1 Å². The number of nitrogens with zero attached hydrogens (tertiary/aromatic N) is 2. The third-order valence-corrected chi connectivity index (χ3v) is 3.75. The Balaban J connectivity index is 1.97. The van der Waals surface area contributed by atoms with E-state index >= 15 is 0 Å². The molecule has 2 aromatic heterocycles. The summed E-state index contributed by atoms with van der Waals surface area (Å²) in [6.45, 7) is 2.17. The van der Waals surface area contributed by atoms with Gasteiger partial charge in [0.1, 0.15) is 5.82 Å². The van der Waals surface area contributed by atoms with Crippen molar-refractivity contribution in [2.45, 2.75) is 32.1 Å². The van der Waals surface area contributed by atoms with Gasteiger partial charge in [-0.25, -0.2) is 4.98 Å². The fraction of sp³-hybridized carbons (Fsp3) is 0.455. The van der Waals surface area contributed by atoms with Crippen LogP contribution in [0.4, 0.5) is 0 Å². The van der Waals surface area contributed by atoms with Crippen molar-refractivity contribution < 1.29 is 0 Å².